The summed E-state index contributed by atoms with van der Waals surface area (Å²) in [7, 11) is 1.47. The Hall–Kier alpha value is -1.39. The molecule has 0 heterocycles. The quantitative estimate of drug-likeness (QED) is 0.712. The van der Waals surface area contributed by atoms with Gasteiger partial charge in [-0.15, -0.1) is 0 Å². The molecule has 1 aromatic carbocycles. The monoisotopic (exact) mass is 208 g/mol. The average Bonchev–Trinajstić information content (AvgIpc) is 2.25. The van der Waals surface area contributed by atoms with Crippen molar-refractivity contribution in [1.29, 1.82) is 0 Å². The Morgan fingerprint density at radius 3 is 2.80 bits per heavy atom. The first-order chi connectivity index (χ1) is 7.15. The minimum Gasteiger partial charge on any atom is -0.496 e. The predicted molar refractivity (Wildman–Crippen MR) is 52.9 cm³/mol. The molecule has 1 aliphatic rings. The zero-order valence-electron chi connectivity index (χ0n) is 8.30. The van der Waals surface area contributed by atoms with Gasteiger partial charge >= 0.3 is 0 Å². The SMILES string of the molecule is COc1cccc2c1[C@H](O)[C@@H](O)CC2=O. The van der Waals surface area contributed by atoms with Gasteiger partial charge in [0.1, 0.15) is 11.9 Å². The van der Waals surface area contributed by atoms with E-state index in [2.05, 4.69) is 0 Å². The molecule has 0 unspecified atom stereocenters. The summed E-state index contributed by atoms with van der Waals surface area (Å²) in [6.45, 7) is 0. The fraction of sp³-hybridized carbons (Fsp3) is 0.364. The third-order valence-corrected chi connectivity index (χ3v) is 2.64. The highest BCUT2D eigenvalue weighted by molar-refractivity contribution is 5.99. The summed E-state index contributed by atoms with van der Waals surface area (Å²) in [5, 5.41) is 19.3. The highest BCUT2D eigenvalue weighted by Gasteiger charge is 2.33. The molecule has 80 valence electrons. The predicted octanol–water partition coefficient (Wildman–Crippen LogP) is 0.676. The lowest BCUT2D eigenvalue weighted by Gasteiger charge is -2.26. The van der Waals surface area contributed by atoms with Crippen LogP contribution in [0.25, 0.3) is 0 Å². The van der Waals surface area contributed by atoms with E-state index in [0.29, 0.717) is 16.9 Å². The Bertz CT molecular complexity index is 400. The van der Waals surface area contributed by atoms with E-state index in [-0.39, 0.29) is 12.2 Å². The molecule has 0 fully saturated rings. The summed E-state index contributed by atoms with van der Waals surface area (Å²) >= 11 is 0. The van der Waals surface area contributed by atoms with Gasteiger partial charge in [-0.2, -0.15) is 0 Å². The summed E-state index contributed by atoms with van der Waals surface area (Å²) in [6, 6.07) is 4.99. The first kappa shape index (κ1) is 10.1. The van der Waals surface area contributed by atoms with Crippen molar-refractivity contribution in [2.24, 2.45) is 0 Å². The molecule has 0 radical (unpaired) electrons. The van der Waals surface area contributed by atoms with Crippen LogP contribution in [0.4, 0.5) is 0 Å². The summed E-state index contributed by atoms with van der Waals surface area (Å²) in [5.41, 5.74) is 0.830. The molecule has 0 aromatic heterocycles. The van der Waals surface area contributed by atoms with Gasteiger partial charge in [0, 0.05) is 17.5 Å². The number of benzene rings is 1. The lowest BCUT2D eigenvalue weighted by atomic mass is 9.86. The second-order valence-electron chi connectivity index (χ2n) is 3.56. The van der Waals surface area contributed by atoms with E-state index >= 15 is 0 Å². The van der Waals surface area contributed by atoms with Gasteiger partial charge in [0.2, 0.25) is 0 Å². The smallest absolute Gasteiger partial charge is 0.166 e. The van der Waals surface area contributed by atoms with Crippen LogP contribution in [0.3, 0.4) is 0 Å². The van der Waals surface area contributed by atoms with Crippen molar-refractivity contribution < 1.29 is 19.7 Å². The van der Waals surface area contributed by atoms with Gasteiger partial charge in [-0.25, -0.2) is 0 Å². The molecule has 2 rings (SSSR count). The number of ether oxygens (including phenoxy) is 1. The van der Waals surface area contributed by atoms with Crippen LogP contribution in [0.2, 0.25) is 0 Å². The summed E-state index contributed by atoms with van der Waals surface area (Å²) in [4.78, 5) is 11.6. The van der Waals surface area contributed by atoms with Gasteiger partial charge in [0.15, 0.2) is 5.78 Å². The first-order valence-electron chi connectivity index (χ1n) is 4.71. The van der Waals surface area contributed by atoms with Crippen LogP contribution in [0.5, 0.6) is 5.75 Å². The third-order valence-electron chi connectivity index (χ3n) is 2.64. The van der Waals surface area contributed by atoms with Crippen molar-refractivity contribution in [3.63, 3.8) is 0 Å². The second-order valence-corrected chi connectivity index (χ2v) is 3.56. The maximum Gasteiger partial charge on any atom is 0.166 e. The fourth-order valence-corrected chi connectivity index (χ4v) is 1.87. The molecule has 0 spiro atoms. The molecule has 0 amide bonds. The highest BCUT2D eigenvalue weighted by Crippen LogP contribution is 2.36. The highest BCUT2D eigenvalue weighted by atomic mass is 16.5. The van der Waals surface area contributed by atoms with Crippen LogP contribution in [0, 0.1) is 0 Å². The molecular formula is C11H12O4. The van der Waals surface area contributed by atoms with Crippen molar-refractivity contribution in [2.75, 3.05) is 7.11 Å². The minimum atomic E-state index is -1.05. The molecule has 15 heavy (non-hydrogen) atoms. The van der Waals surface area contributed by atoms with E-state index in [0.717, 1.165) is 0 Å². The number of Topliss-reactive ketones (excluding diaryl/α,β-unsaturated/α-hetero) is 1. The number of carbonyl (C=O) groups is 1. The molecule has 4 nitrogen and oxygen atoms in total. The van der Waals surface area contributed by atoms with E-state index in [4.69, 9.17) is 4.74 Å². The van der Waals surface area contributed by atoms with Gasteiger partial charge in [-0.1, -0.05) is 12.1 Å². The number of hydrogen-bond donors (Lipinski definition) is 2. The maximum atomic E-state index is 11.6. The molecule has 0 aliphatic heterocycles. The maximum absolute atomic E-state index is 11.6. The molecule has 1 aromatic rings. The van der Waals surface area contributed by atoms with E-state index in [9.17, 15) is 15.0 Å². The van der Waals surface area contributed by atoms with Crippen LogP contribution in [-0.4, -0.2) is 29.2 Å². The van der Waals surface area contributed by atoms with Crippen molar-refractivity contribution >= 4 is 5.78 Å². The van der Waals surface area contributed by atoms with Gasteiger partial charge in [0.25, 0.3) is 0 Å². The minimum absolute atomic E-state index is 0.0403. The number of ketones is 1. The van der Waals surface area contributed by atoms with Crippen molar-refractivity contribution in [3.8, 4) is 5.75 Å². The number of aliphatic hydroxyl groups is 2. The summed E-state index contributed by atoms with van der Waals surface area (Å²) in [6.07, 6.45) is -2.13. The van der Waals surface area contributed by atoms with Crippen LogP contribution in [0.15, 0.2) is 18.2 Å². The van der Waals surface area contributed by atoms with Crippen LogP contribution in [0.1, 0.15) is 28.4 Å². The normalized spacial score (nSPS) is 24.9. The summed E-state index contributed by atoms with van der Waals surface area (Å²) in [5.74, 6) is 0.272. The van der Waals surface area contributed by atoms with Crippen molar-refractivity contribution in [1.82, 2.24) is 0 Å². The Balaban J connectivity index is 2.60. The van der Waals surface area contributed by atoms with Crippen molar-refractivity contribution in [3.05, 3.63) is 29.3 Å². The summed E-state index contributed by atoms with van der Waals surface area (Å²) < 4.78 is 5.06. The van der Waals surface area contributed by atoms with Gasteiger partial charge < -0.3 is 14.9 Å². The van der Waals surface area contributed by atoms with Crippen LogP contribution in [-0.2, 0) is 0 Å². The number of rotatable bonds is 1. The Morgan fingerprint density at radius 1 is 1.40 bits per heavy atom. The number of methoxy groups -OCH3 is 1. The van der Waals surface area contributed by atoms with Crippen molar-refractivity contribution in [2.45, 2.75) is 18.6 Å². The Labute approximate surface area is 87.1 Å². The zero-order chi connectivity index (χ0) is 11.0. The molecule has 0 bridgehead atoms. The molecule has 2 N–H and O–H groups in total. The lowest BCUT2D eigenvalue weighted by molar-refractivity contribution is 0.00741. The average molecular weight is 208 g/mol. The molecule has 2 atom stereocenters. The zero-order valence-corrected chi connectivity index (χ0v) is 8.30. The third kappa shape index (κ3) is 1.52. The topological polar surface area (TPSA) is 66.8 Å². The number of aliphatic hydroxyl groups excluding tert-OH is 2. The van der Waals surface area contributed by atoms with Gasteiger partial charge in [-0.05, 0) is 6.07 Å². The standard InChI is InChI=1S/C11H12O4/c1-15-9-4-2-3-6-7(12)5-8(13)11(14)10(6)9/h2-4,8,11,13-14H,5H2,1H3/t8-,11+/m0/s1. The molecular weight excluding hydrogens is 196 g/mol. The van der Waals surface area contributed by atoms with Crippen LogP contribution >= 0.6 is 0 Å². The first-order valence-corrected chi connectivity index (χ1v) is 4.71. The lowest BCUT2D eigenvalue weighted by Crippen LogP contribution is -2.29. The Morgan fingerprint density at radius 2 is 2.13 bits per heavy atom. The van der Waals surface area contributed by atoms with E-state index in [1.54, 1.807) is 18.2 Å². The van der Waals surface area contributed by atoms with Gasteiger partial charge in [0.05, 0.1) is 13.2 Å². The molecule has 0 saturated heterocycles. The van der Waals surface area contributed by atoms with E-state index in [1.165, 1.54) is 7.11 Å². The number of fused-ring (bicyclic) bond motifs is 1. The second kappa shape index (κ2) is 3.64. The molecule has 4 heteroatoms. The largest absolute Gasteiger partial charge is 0.496 e. The molecule has 1 aliphatic carbocycles. The Kier molecular flexibility index (Phi) is 2.46. The van der Waals surface area contributed by atoms with E-state index < -0.39 is 12.2 Å². The van der Waals surface area contributed by atoms with Crippen LogP contribution < -0.4 is 4.74 Å². The van der Waals surface area contributed by atoms with Gasteiger partial charge in [-0.3, -0.25) is 4.79 Å². The fourth-order valence-electron chi connectivity index (χ4n) is 1.87. The number of hydrogen-bond acceptors (Lipinski definition) is 4. The molecule has 0 saturated carbocycles. The van der Waals surface area contributed by atoms with E-state index in [1.807, 2.05) is 0 Å². The number of carbonyl (C=O) groups excluding carboxylic acids is 1.